The van der Waals surface area contributed by atoms with Crippen LogP contribution in [0.1, 0.15) is 22.8 Å². The van der Waals surface area contributed by atoms with Gasteiger partial charge in [-0.3, -0.25) is 0 Å². The van der Waals surface area contributed by atoms with E-state index in [0.717, 1.165) is 12.0 Å². The highest BCUT2D eigenvalue weighted by atomic mass is 16.4. The summed E-state index contributed by atoms with van der Waals surface area (Å²) < 4.78 is 0. The molecule has 2 aromatic carbocycles. The van der Waals surface area contributed by atoms with E-state index in [1.807, 2.05) is 31.2 Å². The first-order valence-corrected chi connectivity index (χ1v) is 5.96. The highest BCUT2D eigenvalue weighted by Crippen LogP contribution is 2.10. The lowest BCUT2D eigenvalue weighted by molar-refractivity contribution is 0.0697. The fourth-order valence-corrected chi connectivity index (χ4v) is 1.39. The van der Waals surface area contributed by atoms with Crippen molar-refractivity contribution in [3.63, 3.8) is 0 Å². The molecule has 0 saturated carbocycles. The summed E-state index contributed by atoms with van der Waals surface area (Å²) in [6.07, 6.45) is 0.944. The summed E-state index contributed by atoms with van der Waals surface area (Å²) in [4.78, 5) is 10.4. The van der Waals surface area contributed by atoms with Crippen LogP contribution in [0.25, 0.3) is 0 Å². The van der Waals surface area contributed by atoms with Crippen molar-refractivity contribution in [3.05, 3.63) is 59.7 Å². The van der Waals surface area contributed by atoms with Gasteiger partial charge in [0, 0.05) is 0 Å². The van der Waals surface area contributed by atoms with E-state index in [4.69, 9.17) is 16.6 Å². The second kappa shape index (κ2) is 7.06. The van der Waals surface area contributed by atoms with E-state index in [0.29, 0.717) is 16.9 Å². The zero-order valence-corrected chi connectivity index (χ0v) is 10.8. The molecule has 0 aliphatic rings. The van der Waals surface area contributed by atoms with Gasteiger partial charge in [0.2, 0.25) is 0 Å². The van der Waals surface area contributed by atoms with Crippen molar-refractivity contribution in [2.24, 2.45) is 0 Å². The molecule has 0 saturated heterocycles. The minimum atomic E-state index is -0.868. The SMILES string of the molecule is CCc1ccc(C(=O)O)cc1.Nc1ccccc1N. The van der Waals surface area contributed by atoms with E-state index in [1.165, 1.54) is 0 Å². The lowest BCUT2D eigenvalue weighted by Crippen LogP contribution is -1.95. The van der Waals surface area contributed by atoms with Crippen LogP contribution >= 0.6 is 0 Å². The molecule has 0 spiro atoms. The van der Waals surface area contributed by atoms with Crippen LogP contribution in [0.3, 0.4) is 0 Å². The van der Waals surface area contributed by atoms with E-state index < -0.39 is 5.97 Å². The molecule has 0 aliphatic heterocycles. The van der Waals surface area contributed by atoms with Crippen molar-refractivity contribution in [2.75, 3.05) is 11.5 Å². The molecular weight excluding hydrogens is 240 g/mol. The van der Waals surface area contributed by atoms with E-state index in [1.54, 1.807) is 24.3 Å². The molecule has 2 rings (SSSR count). The Balaban J connectivity index is 0.000000200. The largest absolute Gasteiger partial charge is 0.478 e. The first-order chi connectivity index (χ1) is 9.04. The molecule has 100 valence electrons. The number of hydrogen-bond acceptors (Lipinski definition) is 3. The third-order valence-corrected chi connectivity index (χ3v) is 2.61. The smallest absolute Gasteiger partial charge is 0.335 e. The molecule has 0 aliphatic carbocycles. The van der Waals surface area contributed by atoms with Crippen molar-refractivity contribution in [1.29, 1.82) is 0 Å². The number of nitrogens with two attached hydrogens (primary N) is 2. The highest BCUT2D eigenvalue weighted by Gasteiger charge is 1.99. The Morgan fingerprint density at radius 2 is 1.47 bits per heavy atom. The molecule has 0 bridgehead atoms. The zero-order valence-electron chi connectivity index (χ0n) is 10.8. The Hall–Kier alpha value is -2.49. The second-order valence-electron chi connectivity index (χ2n) is 3.98. The Labute approximate surface area is 112 Å². The molecule has 2 aromatic rings. The van der Waals surface area contributed by atoms with Gasteiger partial charge in [0.05, 0.1) is 16.9 Å². The van der Waals surface area contributed by atoms with E-state index in [-0.39, 0.29) is 0 Å². The van der Waals surface area contributed by atoms with Crippen LogP contribution in [-0.4, -0.2) is 11.1 Å². The van der Waals surface area contributed by atoms with Crippen LogP contribution in [0.5, 0.6) is 0 Å². The van der Waals surface area contributed by atoms with Crippen molar-refractivity contribution in [1.82, 2.24) is 0 Å². The maximum absolute atomic E-state index is 10.4. The van der Waals surface area contributed by atoms with Crippen molar-refractivity contribution < 1.29 is 9.90 Å². The number of aryl methyl sites for hydroxylation is 1. The summed E-state index contributed by atoms with van der Waals surface area (Å²) in [6.45, 7) is 2.04. The predicted octanol–water partition coefficient (Wildman–Crippen LogP) is 2.80. The van der Waals surface area contributed by atoms with Gasteiger partial charge in [-0.2, -0.15) is 0 Å². The lowest BCUT2D eigenvalue weighted by atomic mass is 10.1. The first-order valence-electron chi connectivity index (χ1n) is 5.96. The average Bonchev–Trinajstić information content (AvgIpc) is 2.43. The van der Waals surface area contributed by atoms with Gasteiger partial charge in [0.15, 0.2) is 0 Å². The fraction of sp³-hybridized carbons (Fsp3) is 0.133. The zero-order chi connectivity index (χ0) is 14.3. The Bertz CT molecular complexity index is 515. The second-order valence-corrected chi connectivity index (χ2v) is 3.98. The van der Waals surface area contributed by atoms with Gasteiger partial charge in [0.25, 0.3) is 0 Å². The number of carboxylic acids is 1. The van der Waals surface area contributed by atoms with Gasteiger partial charge < -0.3 is 16.6 Å². The number of para-hydroxylation sites is 2. The molecule has 0 heterocycles. The fourth-order valence-electron chi connectivity index (χ4n) is 1.39. The summed E-state index contributed by atoms with van der Waals surface area (Å²) in [7, 11) is 0. The molecule has 0 fully saturated rings. The van der Waals surface area contributed by atoms with Gasteiger partial charge in [-0.1, -0.05) is 31.2 Å². The molecule has 4 nitrogen and oxygen atoms in total. The van der Waals surface area contributed by atoms with Crippen LogP contribution in [0, 0.1) is 0 Å². The minimum Gasteiger partial charge on any atom is -0.478 e. The molecule has 0 aromatic heterocycles. The van der Waals surface area contributed by atoms with Crippen molar-refractivity contribution in [2.45, 2.75) is 13.3 Å². The third-order valence-electron chi connectivity index (χ3n) is 2.61. The summed E-state index contributed by atoms with van der Waals surface area (Å²) in [5.41, 5.74) is 13.6. The summed E-state index contributed by atoms with van der Waals surface area (Å²) in [5, 5.41) is 8.55. The van der Waals surface area contributed by atoms with Crippen LogP contribution in [-0.2, 0) is 6.42 Å². The minimum absolute atomic E-state index is 0.349. The topological polar surface area (TPSA) is 89.3 Å². The molecule has 19 heavy (non-hydrogen) atoms. The van der Waals surface area contributed by atoms with E-state index >= 15 is 0 Å². The Morgan fingerprint density at radius 1 is 1.00 bits per heavy atom. The molecule has 0 unspecified atom stereocenters. The average molecular weight is 258 g/mol. The number of hydrogen-bond donors (Lipinski definition) is 3. The summed E-state index contributed by atoms with van der Waals surface area (Å²) in [6, 6.07) is 14.2. The third kappa shape index (κ3) is 4.71. The molecule has 0 radical (unpaired) electrons. The van der Waals surface area contributed by atoms with Crippen LogP contribution in [0.15, 0.2) is 48.5 Å². The normalized spacial score (nSPS) is 9.32. The van der Waals surface area contributed by atoms with E-state index in [2.05, 4.69) is 0 Å². The quantitative estimate of drug-likeness (QED) is 0.722. The van der Waals surface area contributed by atoms with Gasteiger partial charge in [-0.25, -0.2) is 4.79 Å². The van der Waals surface area contributed by atoms with Crippen molar-refractivity contribution >= 4 is 17.3 Å². The summed E-state index contributed by atoms with van der Waals surface area (Å²) >= 11 is 0. The summed E-state index contributed by atoms with van der Waals surface area (Å²) in [5.74, 6) is -0.868. The highest BCUT2D eigenvalue weighted by molar-refractivity contribution is 5.87. The maximum atomic E-state index is 10.4. The van der Waals surface area contributed by atoms with Crippen molar-refractivity contribution in [3.8, 4) is 0 Å². The lowest BCUT2D eigenvalue weighted by Gasteiger charge is -1.96. The molecule has 0 amide bonds. The van der Waals surface area contributed by atoms with Gasteiger partial charge in [-0.05, 0) is 36.2 Å². The predicted molar refractivity (Wildman–Crippen MR) is 78.0 cm³/mol. The van der Waals surface area contributed by atoms with Gasteiger partial charge in [-0.15, -0.1) is 0 Å². The Morgan fingerprint density at radius 3 is 1.79 bits per heavy atom. The molecule has 5 N–H and O–H groups in total. The van der Waals surface area contributed by atoms with Gasteiger partial charge in [0.1, 0.15) is 0 Å². The molecular formula is C15H18N2O2. The number of nitrogen functional groups attached to an aromatic ring is 2. The number of carbonyl (C=O) groups is 1. The van der Waals surface area contributed by atoms with Gasteiger partial charge >= 0.3 is 5.97 Å². The number of benzene rings is 2. The number of aromatic carboxylic acids is 1. The monoisotopic (exact) mass is 258 g/mol. The van der Waals surface area contributed by atoms with E-state index in [9.17, 15) is 4.79 Å². The number of anilines is 2. The van der Waals surface area contributed by atoms with Crippen LogP contribution in [0.4, 0.5) is 11.4 Å². The maximum Gasteiger partial charge on any atom is 0.335 e. The number of rotatable bonds is 2. The Kier molecular flexibility index (Phi) is 5.41. The first kappa shape index (κ1) is 14.6. The molecule has 4 heteroatoms. The molecule has 0 atom stereocenters. The standard InChI is InChI=1S/C9H10O2.C6H8N2/c1-2-7-3-5-8(6-4-7)9(10)11;7-5-3-1-2-4-6(5)8/h3-6H,2H2,1H3,(H,10,11);1-4H,7-8H2. The van der Waals surface area contributed by atoms with Crippen LogP contribution in [0.2, 0.25) is 0 Å². The number of carboxylic acid groups (broad SMARTS) is 1. The van der Waals surface area contributed by atoms with Crippen LogP contribution < -0.4 is 11.5 Å².